The van der Waals surface area contributed by atoms with Crippen molar-refractivity contribution in [2.24, 2.45) is 0 Å². The van der Waals surface area contributed by atoms with Crippen molar-refractivity contribution in [3.63, 3.8) is 0 Å². The summed E-state index contributed by atoms with van der Waals surface area (Å²) >= 11 is 0. The number of benzene rings is 1. The van der Waals surface area contributed by atoms with Crippen molar-refractivity contribution < 1.29 is 4.74 Å². The summed E-state index contributed by atoms with van der Waals surface area (Å²) in [5, 5.41) is 7.77. The molecule has 1 aromatic carbocycles. The Hall–Kier alpha value is -1.81. The van der Waals surface area contributed by atoms with Crippen LogP contribution in [0.5, 0.6) is 5.75 Å². The van der Waals surface area contributed by atoms with Gasteiger partial charge >= 0.3 is 0 Å². The molecule has 0 aliphatic rings. The molecule has 1 heterocycles. The largest absolute Gasteiger partial charge is 0.494 e. The van der Waals surface area contributed by atoms with Crippen LogP contribution in [0.2, 0.25) is 0 Å². The van der Waals surface area contributed by atoms with Crippen molar-refractivity contribution >= 4 is 0 Å². The molecule has 4 heteroatoms. The fraction of sp³-hybridized carbons (Fsp3) is 0.438. The van der Waals surface area contributed by atoms with E-state index in [0.29, 0.717) is 0 Å². The van der Waals surface area contributed by atoms with E-state index in [0.717, 1.165) is 31.9 Å². The highest BCUT2D eigenvalue weighted by molar-refractivity contribution is 5.29. The Labute approximate surface area is 120 Å². The average molecular weight is 273 g/mol. The maximum Gasteiger partial charge on any atom is 0.119 e. The minimum Gasteiger partial charge on any atom is -0.494 e. The van der Waals surface area contributed by atoms with Gasteiger partial charge in [-0.25, -0.2) is 0 Å². The molecule has 0 spiro atoms. The number of likely N-dealkylation sites (N-methyl/N-ethyl adjacent to an activating group) is 1. The smallest absolute Gasteiger partial charge is 0.119 e. The summed E-state index contributed by atoms with van der Waals surface area (Å²) in [5.74, 6) is 0.935. The molecule has 0 aliphatic heterocycles. The summed E-state index contributed by atoms with van der Waals surface area (Å²) < 4.78 is 7.57. The third-order valence-electron chi connectivity index (χ3n) is 3.13. The second-order valence-electron chi connectivity index (χ2n) is 4.76. The first-order chi connectivity index (χ1) is 9.83. The molecular weight excluding hydrogens is 250 g/mol. The van der Waals surface area contributed by atoms with Crippen LogP contribution in [0.4, 0.5) is 0 Å². The summed E-state index contributed by atoms with van der Waals surface area (Å²) in [6.07, 6.45) is 4.83. The number of hydrogen-bond donors (Lipinski definition) is 1. The molecular formula is C16H23N3O. The van der Waals surface area contributed by atoms with Gasteiger partial charge in [0, 0.05) is 12.4 Å². The van der Waals surface area contributed by atoms with Crippen LogP contribution in [0.1, 0.15) is 31.9 Å². The lowest BCUT2D eigenvalue weighted by atomic mass is 10.1. The first-order valence-electron chi connectivity index (χ1n) is 7.27. The molecule has 20 heavy (non-hydrogen) atoms. The van der Waals surface area contributed by atoms with Gasteiger partial charge in [0.05, 0.1) is 19.2 Å². The first-order valence-corrected chi connectivity index (χ1v) is 7.27. The van der Waals surface area contributed by atoms with Crippen LogP contribution in [0.3, 0.4) is 0 Å². The van der Waals surface area contributed by atoms with Crippen molar-refractivity contribution in [1.29, 1.82) is 0 Å². The van der Waals surface area contributed by atoms with Crippen LogP contribution in [0.25, 0.3) is 0 Å². The Balaban J connectivity index is 2.04. The minimum atomic E-state index is 0.264. The summed E-state index contributed by atoms with van der Waals surface area (Å²) in [6, 6.07) is 10.5. The third-order valence-corrected chi connectivity index (χ3v) is 3.13. The Kier molecular flexibility index (Phi) is 5.62. The zero-order chi connectivity index (χ0) is 14.2. The number of aromatic nitrogens is 2. The van der Waals surface area contributed by atoms with Gasteiger partial charge in [0.2, 0.25) is 0 Å². The molecule has 0 aliphatic carbocycles. The molecule has 0 amide bonds. The molecule has 0 bridgehead atoms. The van der Waals surface area contributed by atoms with Gasteiger partial charge in [0.25, 0.3) is 0 Å². The van der Waals surface area contributed by atoms with Crippen LogP contribution in [0, 0.1) is 0 Å². The van der Waals surface area contributed by atoms with E-state index in [4.69, 9.17) is 4.74 Å². The highest BCUT2D eigenvalue weighted by atomic mass is 16.5. The fourth-order valence-corrected chi connectivity index (χ4v) is 2.15. The molecule has 0 radical (unpaired) electrons. The van der Waals surface area contributed by atoms with Gasteiger partial charge in [-0.15, -0.1) is 0 Å². The normalized spacial score (nSPS) is 12.3. The van der Waals surface area contributed by atoms with E-state index in [1.54, 1.807) is 0 Å². The van der Waals surface area contributed by atoms with E-state index in [9.17, 15) is 0 Å². The van der Waals surface area contributed by atoms with E-state index in [2.05, 4.69) is 36.4 Å². The van der Waals surface area contributed by atoms with Crippen LogP contribution in [0.15, 0.2) is 42.7 Å². The van der Waals surface area contributed by atoms with Gasteiger partial charge in [-0.3, -0.25) is 4.68 Å². The molecule has 108 valence electrons. The van der Waals surface area contributed by atoms with Crippen molar-refractivity contribution in [3.8, 4) is 5.75 Å². The monoisotopic (exact) mass is 273 g/mol. The summed E-state index contributed by atoms with van der Waals surface area (Å²) in [6.45, 7) is 6.76. The quantitative estimate of drug-likeness (QED) is 0.803. The molecule has 0 saturated heterocycles. The number of nitrogens with one attached hydrogen (secondary N) is 1. The SMILES string of the molecule is CCCOc1ccc(C(Cn2cccn2)NCC)cc1. The second kappa shape index (κ2) is 7.70. The van der Waals surface area contributed by atoms with Crippen molar-refractivity contribution in [2.45, 2.75) is 32.9 Å². The van der Waals surface area contributed by atoms with Gasteiger partial charge in [-0.2, -0.15) is 5.10 Å². The van der Waals surface area contributed by atoms with Crippen molar-refractivity contribution in [1.82, 2.24) is 15.1 Å². The van der Waals surface area contributed by atoms with E-state index in [1.165, 1.54) is 5.56 Å². The molecule has 0 fully saturated rings. The van der Waals surface area contributed by atoms with Crippen LogP contribution >= 0.6 is 0 Å². The molecule has 2 rings (SSSR count). The highest BCUT2D eigenvalue weighted by Crippen LogP contribution is 2.19. The zero-order valence-electron chi connectivity index (χ0n) is 12.2. The molecule has 1 atom stereocenters. The Bertz CT molecular complexity index is 479. The van der Waals surface area contributed by atoms with Crippen molar-refractivity contribution in [2.75, 3.05) is 13.2 Å². The van der Waals surface area contributed by atoms with E-state index in [1.807, 2.05) is 35.3 Å². The average Bonchev–Trinajstić information content (AvgIpc) is 2.98. The maximum absolute atomic E-state index is 5.62. The first kappa shape index (κ1) is 14.6. The number of rotatable bonds is 8. The lowest BCUT2D eigenvalue weighted by Crippen LogP contribution is -2.25. The van der Waals surface area contributed by atoms with Crippen LogP contribution < -0.4 is 10.1 Å². The van der Waals surface area contributed by atoms with Gasteiger partial charge in [0.15, 0.2) is 0 Å². The number of ether oxygens (including phenoxy) is 1. The summed E-state index contributed by atoms with van der Waals surface area (Å²) in [5.41, 5.74) is 1.26. The highest BCUT2D eigenvalue weighted by Gasteiger charge is 2.11. The van der Waals surface area contributed by atoms with Gasteiger partial charge in [-0.1, -0.05) is 26.0 Å². The molecule has 1 aromatic heterocycles. The topological polar surface area (TPSA) is 39.1 Å². The van der Waals surface area contributed by atoms with E-state index >= 15 is 0 Å². The lowest BCUT2D eigenvalue weighted by molar-refractivity contribution is 0.317. The Morgan fingerprint density at radius 2 is 2.05 bits per heavy atom. The van der Waals surface area contributed by atoms with Gasteiger partial charge in [0.1, 0.15) is 5.75 Å². The standard InChI is InChI=1S/C16H23N3O/c1-3-12-20-15-8-6-14(7-9-15)16(17-4-2)13-19-11-5-10-18-19/h5-11,16-17H,3-4,12-13H2,1-2H3. The summed E-state index contributed by atoms with van der Waals surface area (Å²) in [7, 11) is 0. The predicted octanol–water partition coefficient (Wildman–Crippen LogP) is 3.02. The van der Waals surface area contributed by atoms with Gasteiger partial charge in [-0.05, 0) is 36.7 Å². The van der Waals surface area contributed by atoms with Crippen LogP contribution in [-0.2, 0) is 6.54 Å². The zero-order valence-corrected chi connectivity index (χ0v) is 12.2. The number of nitrogens with zero attached hydrogens (tertiary/aromatic N) is 2. The van der Waals surface area contributed by atoms with E-state index < -0.39 is 0 Å². The lowest BCUT2D eigenvalue weighted by Gasteiger charge is -2.19. The third kappa shape index (κ3) is 4.10. The molecule has 0 saturated carbocycles. The fourth-order valence-electron chi connectivity index (χ4n) is 2.15. The maximum atomic E-state index is 5.62. The minimum absolute atomic E-state index is 0.264. The molecule has 4 nitrogen and oxygen atoms in total. The van der Waals surface area contributed by atoms with Crippen LogP contribution in [-0.4, -0.2) is 22.9 Å². The molecule has 2 aromatic rings. The number of hydrogen-bond acceptors (Lipinski definition) is 3. The Morgan fingerprint density at radius 1 is 1.25 bits per heavy atom. The molecule has 1 N–H and O–H groups in total. The van der Waals surface area contributed by atoms with E-state index in [-0.39, 0.29) is 6.04 Å². The second-order valence-corrected chi connectivity index (χ2v) is 4.76. The predicted molar refractivity (Wildman–Crippen MR) is 80.9 cm³/mol. The Morgan fingerprint density at radius 3 is 2.65 bits per heavy atom. The summed E-state index contributed by atoms with van der Waals surface area (Å²) in [4.78, 5) is 0. The van der Waals surface area contributed by atoms with Crippen molar-refractivity contribution in [3.05, 3.63) is 48.3 Å². The molecule has 1 unspecified atom stereocenters. The van der Waals surface area contributed by atoms with Gasteiger partial charge < -0.3 is 10.1 Å².